The number of nitrogens with one attached hydrogen (secondary N) is 1. The monoisotopic (exact) mass is 527 g/mol. The van der Waals surface area contributed by atoms with Gasteiger partial charge in [0.05, 0.1) is 12.6 Å². The summed E-state index contributed by atoms with van der Waals surface area (Å²) in [4.78, 5) is 29.5. The Morgan fingerprint density at radius 1 is 1.08 bits per heavy atom. The molecule has 0 radical (unpaired) electrons. The van der Waals surface area contributed by atoms with Crippen molar-refractivity contribution in [3.8, 4) is 5.75 Å². The smallest absolute Gasteiger partial charge is 0.247 e. The van der Waals surface area contributed by atoms with Crippen molar-refractivity contribution in [2.75, 3.05) is 12.4 Å². The molecule has 0 aliphatic heterocycles. The number of aromatic nitrogens is 3. The molecule has 39 heavy (non-hydrogen) atoms. The molecule has 1 aliphatic rings. The molecule has 200 valence electrons. The third-order valence-electron chi connectivity index (χ3n) is 7.01. The van der Waals surface area contributed by atoms with Gasteiger partial charge in [-0.1, -0.05) is 41.6 Å². The van der Waals surface area contributed by atoms with Gasteiger partial charge in [0, 0.05) is 12.2 Å². The zero-order valence-corrected chi connectivity index (χ0v) is 21.7. The zero-order chi connectivity index (χ0) is 27.2. The van der Waals surface area contributed by atoms with E-state index in [2.05, 4.69) is 27.8 Å². The van der Waals surface area contributed by atoms with Crippen LogP contribution in [0.1, 0.15) is 24.8 Å². The molecule has 4 aromatic rings. The van der Waals surface area contributed by atoms with Gasteiger partial charge in [0.25, 0.3) is 0 Å². The molecule has 2 atom stereocenters. The van der Waals surface area contributed by atoms with Gasteiger partial charge in [0.1, 0.15) is 29.7 Å². The third-order valence-corrected chi connectivity index (χ3v) is 7.01. The highest BCUT2D eigenvalue weighted by molar-refractivity contribution is 5.97. The number of carbonyl (C=O) groups excluding carboxylic acids is 2. The van der Waals surface area contributed by atoms with Crippen molar-refractivity contribution in [2.24, 2.45) is 5.92 Å². The van der Waals surface area contributed by atoms with Crippen LogP contribution in [0.3, 0.4) is 0 Å². The number of anilines is 1. The summed E-state index contributed by atoms with van der Waals surface area (Å²) in [5.74, 6) is -0.337. The lowest BCUT2D eigenvalue weighted by atomic mass is 9.85. The highest BCUT2D eigenvalue weighted by Gasteiger charge is 2.37. The Labute approximate surface area is 226 Å². The van der Waals surface area contributed by atoms with Gasteiger partial charge in [-0.15, -0.1) is 5.10 Å². The lowest BCUT2D eigenvalue weighted by Gasteiger charge is -2.37. The molecular weight excluding hydrogens is 497 g/mol. The van der Waals surface area contributed by atoms with Crippen LogP contribution in [0, 0.1) is 11.7 Å². The standard InChI is InChI=1S/C30H30FN5O3/c1-39-25-17-15-24(16-18-25)32-30(38)29(22-7-3-2-4-8-22)35(19-21-11-13-23(31)14-12-21)28(37)20-36-27-10-6-5-9-26(27)33-34-36/h2-3,5-6,9-18,22,29H,4,7-8,19-20H2,1H3,(H,32,38)/t22-,29-/m0/s1. The maximum Gasteiger partial charge on any atom is 0.247 e. The van der Waals surface area contributed by atoms with Gasteiger partial charge in [-0.3, -0.25) is 9.59 Å². The topological polar surface area (TPSA) is 89.4 Å². The molecule has 1 aliphatic carbocycles. The average molecular weight is 528 g/mol. The Hall–Kier alpha value is -4.53. The first-order valence-corrected chi connectivity index (χ1v) is 12.9. The Kier molecular flexibility index (Phi) is 7.96. The van der Waals surface area contributed by atoms with Crippen LogP contribution in [-0.2, 0) is 22.7 Å². The van der Waals surface area contributed by atoms with E-state index in [-0.39, 0.29) is 36.6 Å². The van der Waals surface area contributed by atoms with Gasteiger partial charge in [-0.05, 0) is 79.3 Å². The molecule has 0 bridgehead atoms. The number of ether oxygens (including phenoxy) is 1. The first kappa shape index (κ1) is 26.1. The predicted molar refractivity (Wildman–Crippen MR) is 146 cm³/mol. The molecular formula is C30H30FN5O3. The normalized spacial score (nSPS) is 15.6. The van der Waals surface area contributed by atoms with E-state index in [1.807, 2.05) is 24.3 Å². The van der Waals surface area contributed by atoms with E-state index in [0.29, 0.717) is 23.4 Å². The van der Waals surface area contributed by atoms with Crippen molar-refractivity contribution in [3.63, 3.8) is 0 Å². The number of hydrogen-bond donors (Lipinski definition) is 1. The molecule has 8 nitrogen and oxygen atoms in total. The quantitative estimate of drug-likeness (QED) is 0.311. The summed E-state index contributed by atoms with van der Waals surface area (Å²) >= 11 is 0. The summed E-state index contributed by atoms with van der Waals surface area (Å²) in [5.41, 5.74) is 2.74. The molecule has 0 saturated carbocycles. The molecule has 0 saturated heterocycles. The van der Waals surface area contributed by atoms with Crippen LogP contribution in [0.15, 0.2) is 84.9 Å². The van der Waals surface area contributed by atoms with Crippen LogP contribution in [0.4, 0.5) is 10.1 Å². The minimum atomic E-state index is -0.760. The van der Waals surface area contributed by atoms with Crippen molar-refractivity contribution in [3.05, 3.63) is 96.3 Å². The fourth-order valence-corrected chi connectivity index (χ4v) is 4.99. The number of carbonyl (C=O) groups is 2. The molecule has 3 aromatic carbocycles. The number of benzene rings is 3. The molecule has 2 amide bonds. The van der Waals surface area contributed by atoms with Crippen molar-refractivity contribution >= 4 is 28.5 Å². The van der Waals surface area contributed by atoms with Crippen LogP contribution < -0.4 is 10.1 Å². The molecule has 0 unspecified atom stereocenters. The summed E-state index contributed by atoms with van der Waals surface area (Å²) in [6, 6.07) is 19.7. The number of rotatable bonds is 9. The van der Waals surface area contributed by atoms with E-state index in [9.17, 15) is 14.0 Å². The second-order valence-corrected chi connectivity index (χ2v) is 9.59. The van der Waals surface area contributed by atoms with Crippen molar-refractivity contribution in [1.82, 2.24) is 19.9 Å². The highest BCUT2D eigenvalue weighted by Crippen LogP contribution is 2.29. The molecule has 0 spiro atoms. The SMILES string of the molecule is COc1ccc(NC(=O)[C@H]([C@H]2CC=CCC2)N(Cc2ccc(F)cc2)C(=O)Cn2nnc3ccccc32)cc1. The Balaban J connectivity index is 1.49. The lowest BCUT2D eigenvalue weighted by Crippen LogP contribution is -2.52. The predicted octanol–water partition coefficient (Wildman–Crippen LogP) is 4.97. The van der Waals surface area contributed by atoms with Crippen molar-refractivity contribution in [2.45, 2.75) is 38.4 Å². The molecule has 9 heteroatoms. The Morgan fingerprint density at radius 2 is 1.85 bits per heavy atom. The van der Waals surface area contributed by atoms with Gasteiger partial charge in [0.15, 0.2) is 0 Å². The summed E-state index contributed by atoms with van der Waals surface area (Å²) in [7, 11) is 1.58. The molecule has 1 N–H and O–H groups in total. The van der Waals surface area contributed by atoms with Crippen LogP contribution in [-0.4, -0.2) is 44.9 Å². The zero-order valence-electron chi connectivity index (χ0n) is 21.7. The van der Waals surface area contributed by atoms with E-state index < -0.39 is 6.04 Å². The van der Waals surface area contributed by atoms with Crippen molar-refractivity contribution < 1.29 is 18.7 Å². The van der Waals surface area contributed by atoms with Gasteiger partial charge < -0.3 is 15.0 Å². The van der Waals surface area contributed by atoms with E-state index in [1.165, 1.54) is 12.1 Å². The fraction of sp³-hybridized carbons (Fsp3) is 0.267. The number of para-hydroxylation sites is 1. The summed E-state index contributed by atoms with van der Waals surface area (Å²) in [5, 5.41) is 11.4. The Morgan fingerprint density at radius 3 is 2.56 bits per heavy atom. The van der Waals surface area contributed by atoms with E-state index in [4.69, 9.17) is 4.74 Å². The first-order valence-electron chi connectivity index (χ1n) is 12.9. The molecule has 1 aromatic heterocycles. The summed E-state index contributed by atoms with van der Waals surface area (Å²) in [6.07, 6.45) is 6.41. The molecule has 1 heterocycles. The van der Waals surface area contributed by atoms with Crippen LogP contribution in [0.2, 0.25) is 0 Å². The first-order chi connectivity index (χ1) is 19.0. The third kappa shape index (κ3) is 6.14. The summed E-state index contributed by atoms with van der Waals surface area (Å²) in [6.45, 7) is 0.0588. The Bertz CT molecular complexity index is 1470. The van der Waals surface area contributed by atoms with E-state index in [1.54, 1.807) is 53.1 Å². The lowest BCUT2D eigenvalue weighted by molar-refractivity contribution is -0.142. The number of hydrogen-bond acceptors (Lipinski definition) is 5. The van der Waals surface area contributed by atoms with Crippen LogP contribution >= 0.6 is 0 Å². The largest absolute Gasteiger partial charge is 0.497 e. The van der Waals surface area contributed by atoms with E-state index >= 15 is 0 Å². The maximum atomic E-state index is 14.0. The fourth-order valence-electron chi connectivity index (χ4n) is 4.99. The average Bonchev–Trinajstić information content (AvgIpc) is 3.37. The van der Waals surface area contributed by atoms with Crippen molar-refractivity contribution in [1.29, 1.82) is 0 Å². The minimum Gasteiger partial charge on any atom is -0.497 e. The van der Waals surface area contributed by atoms with Gasteiger partial charge in [-0.2, -0.15) is 0 Å². The summed E-state index contributed by atoms with van der Waals surface area (Å²) < 4.78 is 20.5. The van der Waals surface area contributed by atoms with Gasteiger partial charge in [0.2, 0.25) is 11.8 Å². The number of nitrogens with zero attached hydrogens (tertiary/aromatic N) is 4. The van der Waals surface area contributed by atoms with E-state index in [0.717, 1.165) is 23.9 Å². The molecule has 5 rings (SSSR count). The molecule has 0 fully saturated rings. The number of halogens is 1. The minimum absolute atomic E-state index is 0.0867. The second-order valence-electron chi connectivity index (χ2n) is 9.59. The van der Waals surface area contributed by atoms with Crippen LogP contribution in [0.25, 0.3) is 11.0 Å². The maximum absolute atomic E-state index is 14.0. The number of amides is 2. The van der Waals surface area contributed by atoms with Crippen LogP contribution in [0.5, 0.6) is 5.75 Å². The number of methoxy groups -OCH3 is 1. The van der Waals surface area contributed by atoms with Gasteiger partial charge in [-0.25, -0.2) is 9.07 Å². The highest BCUT2D eigenvalue weighted by atomic mass is 19.1. The number of fused-ring (bicyclic) bond motifs is 1. The van der Waals surface area contributed by atoms with Gasteiger partial charge >= 0.3 is 0 Å². The number of allylic oxidation sites excluding steroid dienone is 2. The second kappa shape index (κ2) is 11.9.